The Hall–Kier alpha value is -3.77. The van der Waals surface area contributed by atoms with Gasteiger partial charge in [0.15, 0.2) is 16.3 Å². The molecule has 4 aromatic rings. The number of halogens is 1. The summed E-state index contributed by atoms with van der Waals surface area (Å²) in [5.74, 6) is -0.469. The Morgan fingerprint density at radius 1 is 1.14 bits per heavy atom. The average Bonchev–Trinajstić information content (AvgIpc) is 3.50. The molecule has 3 aromatic heterocycles. The predicted molar refractivity (Wildman–Crippen MR) is 138 cm³/mol. The Bertz CT molecular complexity index is 1600. The Morgan fingerprint density at radius 2 is 1.89 bits per heavy atom. The summed E-state index contributed by atoms with van der Waals surface area (Å²) in [5, 5.41) is 3.62. The zero-order chi connectivity index (χ0) is 26.7. The highest BCUT2D eigenvalue weighted by atomic mass is 35.5. The molecule has 0 radical (unpaired) electrons. The molecule has 0 spiro atoms. The van der Waals surface area contributed by atoms with E-state index in [4.69, 9.17) is 20.8 Å². The largest absolute Gasteiger partial charge is 0.460 e. The van der Waals surface area contributed by atoms with E-state index in [2.05, 4.69) is 10.3 Å². The first kappa shape index (κ1) is 26.3. The second kappa shape index (κ2) is 11.1. The third kappa shape index (κ3) is 5.49. The molecule has 0 bridgehead atoms. The van der Waals surface area contributed by atoms with E-state index in [0.717, 1.165) is 21.9 Å². The van der Waals surface area contributed by atoms with Crippen LogP contribution in [0.4, 0.5) is 0 Å². The minimum absolute atomic E-state index is 0.0223. The molecule has 0 aliphatic heterocycles. The maximum Gasteiger partial charge on any atom is 0.374 e. The van der Waals surface area contributed by atoms with Crippen molar-refractivity contribution in [2.24, 2.45) is 14.1 Å². The standard InChI is InChI=1S/C24H24ClN5O6S/c1-4-35-22(33)17-10-9-15(36-17)11-26-18(31)13-37-23-27-20-19(21(32)29(3)24(34)28(20)2)30(23)12-14-7-5-6-8-16(14)25/h5-10H,4,11-13H2,1-3H3,(H,26,31). The van der Waals surface area contributed by atoms with E-state index < -0.39 is 17.2 Å². The van der Waals surface area contributed by atoms with Gasteiger partial charge < -0.3 is 19.0 Å². The zero-order valence-electron chi connectivity index (χ0n) is 20.3. The fourth-order valence-electron chi connectivity index (χ4n) is 3.63. The molecule has 194 valence electrons. The van der Waals surface area contributed by atoms with Crippen LogP contribution >= 0.6 is 23.4 Å². The van der Waals surface area contributed by atoms with Crippen LogP contribution in [-0.2, 0) is 36.7 Å². The van der Waals surface area contributed by atoms with Crippen LogP contribution in [0, 0.1) is 0 Å². The van der Waals surface area contributed by atoms with Crippen molar-refractivity contribution >= 4 is 46.4 Å². The predicted octanol–water partition coefficient (Wildman–Crippen LogP) is 2.31. The van der Waals surface area contributed by atoms with Crippen LogP contribution in [0.2, 0.25) is 5.02 Å². The van der Waals surface area contributed by atoms with E-state index >= 15 is 0 Å². The molecule has 0 atom stereocenters. The number of benzene rings is 1. The molecule has 0 aliphatic rings. The normalized spacial score (nSPS) is 11.1. The Balaban J connectivity index is 1.56. The number of hydrogen-bond donors (Lipinski definition) is 1. The van der Waals surface area contributed by atoms with E-state index in [1.807, 2.05) is 12.1 Å². The maximum atomic E-state index is 13.0. The summed E-state index contributed by atoms with van der Waals surface area (Å²) in [6.45, 7) is 2.21. The molecule has 37 heavy (non-hydrogen) atoms. The van der Waals surface area contributed by atoms with Crippen LogP contribution in [0.1, 0.15) is 28.8 Å². The van der Waals surface area contributed by atoms with Gasteiger partial charge in [-0.25, -0.2) is 14.6 Å². The number of rotatable bonds is 9. The zero-order valence-corrected chi connectivity index (χ0v) is 21.9. The molecular weight excluding hydrogens is 522 g/mol. The van der Waals surface area contributed by atoms with E-state index in [9.17, 15) is 19.2 Å². The molecule has 0 unspecified atom stereocenters. The molecule has 0 aliphatic carbocycles. The highest BCUT2D eigenvalue weighted by Crippen LogP contribution is 2.25. The molecule has 0 saturated heterocycles. The first-order valence-corrected chi connectivity index (χ1v) is 12.6. The van der Waals surface area contributed by atoms with E-state index in [-0.39, 0.29) is 48.3 Å². The summed E-state index contributed by atoms with van der Waals surface area (Å²) >= 11 is 7.47. The molecule has 4 rings (SSSR count). The van der Waals surface area contributed by atoms with Gasteiger partial charge in [-0.05, 0) is 30.7 Å². The monoisotopic (exact) mass is 545 g/mol. The Labute approximate surface area is 220 Å². The van der Waals surface area contributed by atoms with Crippen molar-refractivity contribution in [2.75, 3.05) is 12.4 Å². The number of nitrogens with zero attached hydrogens (tertiary/aromatic N) is 4. The second-order valence-electron chi connectivity index (χ2n) is 8.00. The number of ether oxygens (including phenoxy) is 1. The van der Waals surface area contributed by atoms with Crippen molar-refractivity contribution in [2.45, 2.75) is 25.2 Å². The van der Waals surface area contributed by atoms with Gasteiger partial charge in [-0.1, -0.05) is 41.6 Å². The number of esters is 1. The van der Waals surface area contributed by atoms with Gasteiger partial charge in [0.1, 0.15) is 5.76 Å². The lowest BCUT2D eigenvalue weighted by Gasteiger charge is -2.11. The van der Waals surface area contributed by atoms with Crippen molar-refractivity contribution in [3.8, 4) is 0 Å². The first-order chi connectivity index (χ1) is 17.7. The van der Waals surface area contributed by atoms with Crippen LogP contribution < -0.4 is 16.6 Å². The Morgan fingerprint density at radius 3 is 2.62 bits per heavy atom. The van der Waals surface area contributed by atoms with Crippen molar-refractivity contribution in [3.63, 3.8) is 0 Å². The van der Waals surface area contributed by atoms with E-state index in [1.165, 1.54) is 24.7 Å². The lowest BCUT2D eigenvalue weighted by atomic mass is 10.2. The lowest BCUT2D eigenvalue weighted by Crippen LogP contribution is -2.37. The highest BCUT2D eigenvalue weighted by molar-refractivity contribution is 7.99. The van der Waals surface area contributed by atoms with Gasteiger partial charge in [-0.2, -0.15) is 0 Å². The number of amides is 1. The summed E-state index contributed by atoms with van der Waals surface area (Å²) in [6, 6.07) is 10.3. The molecule has 0 fully saturated rings. The minimum Gasteiger partial charge on any atom is -0.460 e. The molecular formula is C24H24ClN5O6S. The molecule has 13 heteroatoms. The van der Waals surface area contributed by atoms with Crippen molar-refractivity contribution < 1.29 is 18.7 Å². The number of hydrogen-bond acceptors (Lipinski definition) is 8. The van der Waals surface area contributed by atoms with Gasteiger partial charge in [0.2, 0.25) is 11.7 Å². The van der Waals surface area contributed by atoms with Crippen LogP contribution in [0.5, 0.6) is 0 Å². The van der Waals surface area contributed by atoms with E-state index in [0.29, 0.717) is 15.9 Å². The van der Waals surface area contributed by atoms with Gasteiger partial charge in [-0.3, -0.25) is 18.7 Å². The number of nitrogens with one attached hydrogen (secondary N) is 1. The van der Waals surface area contributed by atoms with Gasteiger partial charge in [0.05, 0.1) is 25.4 Å². The molecule has 1 N–H and O–H groups in total. The first-order valence-electron chi connectivity index (χ1n) is 11.3. The molecule has 0 saturated carbocycles. The van der Waals surface area contributed by atoms with Crippen LogP contribution in [-0.4, -0.2) is 42.9 Å². The molecule has 1 aromatic carbocycles. The summed E-state index contributed by atoms with van der Waals surface area (Å²) in [4.78, 5) is 54.3. The fourth-order valence-corrected chi connectivity index (χ4v) is 4.65. The van der Waals surface area contributed by atoms with Gasteiger partial charge in [-0.15, -0.1) is 0 Å². The highest BCUT2D eigenvalue weighted by Gasteiger charge is 2.21. The van der Waals surface area contributed by atoms with Crippen molar-refractivity contribution in [3.05, 3.63) is 79.3 Å². The molecule has 11 nitrogen and oxygen atoms in total. The number of carbonyl (C=O) groups excluding carboxylic acids is 2. The lowest BCUT2D eigenvalue weighted by molar-refractivity contribution is -0.118. The third-order valence-corrected chi connectivity index (χ3v) is 6.87. The number of fused-ring (bicyclic) bond motifs is 1. The second-order valence-corrected chi connectivity index (χ2v) is 9.35. The quantitative estimate of drug-likeness (QED) is 0.250. The van der Waals surface area contributed by atoms with Gasteiger partial charge in [0.25, 0.3) is 5.56 Å². The van der Waals surface area contributed by atoms with Crippen molar-refractivity contribution in [1.82, 2.24) is 24.0 Å². The van der Waals surface area contributed by atoms with Crippen LogP contribution in [0.3, 0.4) is 0 Å². The number of aromatic nitrogens is 4. The van der Waals surface area contributed by atoms with Gasteiger partial charge in [0, 0.05) is 19.1 Å². The van der Waals surface area contributed by atoms with Gasteiger partial charge >= 0.3 is 11.7 Å². The average molecular weight is 546 g/mol. The fraction of sp³-hybridized carbons (Fsp3) is 0.292. The maximum absolute atomic E-state index is 13.0. The summed E-state index contributed by atoms with van der Waals surface area (Å²) in [5.41, 5.74) is 0.194. The third-order valence-electron chi connectivity index (χ3n) is 5.53. The molecule has 3 heterocycles. The van der Waals surface area contributed by atoms with Crippen LogP contribution in [0.25, 0.3) is 11.2 Å². The SMILES string of the molecule is CCOC(=O)c1ccc(CNC(=O)CSc2nc3c(c(=O)n(C)c(=O)n3C)n2Cc2ccccc2Cl)o1. The number of aryl methyl sites for hydroxylation is 1. The topological polar surface area (TPSA) is 130 Å². The summed E-state index contributed by atoms with van der Waals surface area (Å²) in [6.07, 6.45) is 0. The number of furan rings is 1. The van der Waals surface area contributed by atoms with E-state index in [1.54, 1.807) is 29.7 Å². The van der Waals surface area contributed by atoms with Crippen LogP contribution in [0.15, 0.2) is 55.6 Å². The summed E-state index contributed by atoms with van der Waals surface area (Å²) < 4.78 is 14.3. The summed E-state index contributed by atoms with van der Waals surface area (Å²) in [7, 11) is 2.94. The number of imidazole rings is 1. The molecule has 1 amide bonds. The number of carbonyl (C=O) groups is 2. The number of thioether (sulfide) groups is 1. The Kier molecular flexibility index (Phi) is 7.89. The smallest absolute Gasteiger partial charge is 0.374 e. The minimum atomic E-state index is -0.575. The van der Waals surface area contributed by atoms with Crippen molar-refractivity contribution in [1.29, 1.82) is 0 Å².